The molecule has 0 unspecified atom stereocenters. The third-order valence-electron chi connectivity index (χ3n) is 1.88. The van der Waals surface area contributed by atoms with Gasteiger partial charge in [-0.1, -0.05) is 0 Å². The highest BCUT2D eigenvalue weighted by atomic mass is 16.1. The monoisotopic (exact) mass is 204 g/mol. The molecule has 0 saturated carbocycles. The molecule has 15 heavy (non-hydrogen) atoms. The van der Waals surface area contributed by atoms with Crippen LogP contribution in [-0.4, -0.2) is 25.9 Å². The first-order chi connectivity index (χ1) is 7.24. The third-order valence-corrected chi connectivity index (χ3v) is 1.88. The van der Waals surface area contributed by atoms with Crippen molar-refractivity contribution in [3.8, 4) is 0 Å². The number of aromatic nitrogens is 4. The molecule has 2 rings (SSSR count). The van der Waals surface area contributed by atoms with Gasteiger partial charge in [-0.25, -0.2) is 15.0 Å². The van der Waals surface area contributed by atoms with E-state index in [9.17, 15) is 4.79 Å². The van der Waals surface area contributed by atoms with Crippen LogP contribution >= 0.6 is 0 Å². The molecule has 2 aromatic rings. The molecule has 0 bridgehead atoms. The van der Waals surface area contributed by atoms with Crippen molar-refractivity contribution in [2.75, 3.05) is 0 Å². The number of hydrogen-bond acceptors (Lipinski definition) is 5. The molecule has 0 amide bonds. The molecule has 0 aliphatic carbocycles. The van der Waals surface area contributed by atoms with Gasteiger partial charge < -0.3 is 5.73 Å². The average molecular weight is 204 g/mol. The maximum absolute atomic E-state index is 11.7. The fourth-order valence-electron chi connectivity index (χ4n) is 1.16. The van der Waals surface area contributed by atoms with E-state index in [1.807, 2.05) is 0 Å². The van der Waals surface area contributed by atoms with E-state index < -0.39 is 0 Å². The molecule has 76 valence electrons. The fraction of sp³-hybridized carbons (Fsp3) is 0.125. The molecule has 0 radical (unpaired) electrons. The topological polar surface area (TPSA) is 99.1 Å². The van der Waals surface area contributed by atoms with Crippen LogP contribution in [-0.2, 0) is 7.05 Å². The summed E-state index contributed by atoms with van der Waals surface area (Å²) >= 11 is 0. The number of nitrogens with two attached hydrogens (primary N) is 1. The van der Waals surface area contributed by atoms with Gasteiger partial charge in [-0.15, -0.1) is 0 Å². The van der Waals surface area contributed by atoms with E-state index in [1.165, 1.54) is 17.0 Å². The van der Waals surface area contributed by atoms with Gasteiger partial charge in [0.15, 0.2) is 11.2 Å². The molecule has 0 aromatic carbocycles. The standard InChI is InChI=1S/C8H8N6O/c1-14-7(15)5-6(11-3-2-10-5)13-8(14)12-4-9/h2-4H,1H3,(H2,9,11,12,13). The van der Waals surface area contributed by atoms with Crippen LogP contribution in [0.1, 0.15) is 0 Å². The Bertz CT molecular complexity index is 587. The molecule has 7 heteroatoms. The highest BCUT2D eigenvalue weighted by molar-refractivity contribution is 5.69. The van der Waals surface area contributed by atoms with Crippen LogP contribution < -0.4 is 11.3 Å². The van der Waals surface area contributed by atoms with Crippen molar-refractivity contribution in [2.45, 2.75) is 0 Å². The number of aliphatic imine (C=N–C) groups is 1. The molecular formula is C8H8N6O. The van der Waals surface area contributed by atoms with E-state index in [4.69, 9.17) is 5.73 Å². The van der Waals surface area contributed by atoms with Crippen molar-refractivity contribution in [1.82, 2.24) is 19.5 Å². The summed E-state index contributed by atoms with van der Waals surface area (Å²) in [5.74, 6) is 0.204. The summed E-state index contributed by atoms with van der Waals surface area (Å²) in [6, 6.07) is 0. The lowest BCUT2D eigenvalue weighted by Crippen LogP contribution is -2.19. The molecule has 0 saturated heterocycles. The van der Waals surface area contributed by atoms with Crippen molar-refractivity contribution in [3.05, 3.63) is 22.7 Å². The summed E-state index contributed by atoms with van der Waals surface area (Å²) in [5.41, 5.74) is 5.33. The van der Waals surface area contributed by atoms with Gasteiger partial charge in [0.25, 0.3) is 5.56 Å². The van der Waals surface area contributed by atoms with Crippen LogP contribution in [0.25, 0.3) is 11.2 Å². The minimum Gasteiger partial charge on any atom is -0.390 e. The third kappa shape index (κ3) is 1.43. The molecule has 7 nitrogen and oxygen atoms in total. The maximum atomic E-state index is 11.7. The summed E-state index contributed by atoms with van der Waals surface area (Å²) in [5, 5.41) is 0. The van der Waals surface area contributed by atoms with Crippen LogP contribution in [0.4, 0.5) is 5.95 Å². The number of hydrogen-bond donors (Lipinski definition) is 1. The predicted molar refractivity (Wildman–Crippen MR) is 54.9 cm³/mol. The largest absolute Gasteiger partial charge is 0.390 e. The lowest BCUT2D eigenvalue weighted by molar-refractivity contribution is 0.837. The van der Waals surface area contributed by atoms with Gasteiger partial charge in [0.1, 0.15) is 0 Å². The normalized spacial score (nSPS) is 11.3. The SMILES string of the molecule is Cn1c(/N=C/N)nc2nccnc2c1=O. The first kappa shape index (κ1) is 9.25. The van der Waals surface area contributed by atoms with Gasteiger partial charge in [0.2, 0.25) is 5.95 Å². The van der Waals surface area contributed by atoms with Gasteiger partial charge in [-0.05, 0) is 0 Å². The molecular weight excluding hydrogens is 196 g/mol. The van der Waals surface area contributed by atoms with E-state index in [0.29, 0.717) is 0 Å². The van der Waals surface area contributed by atoms with Crippen LogP contribution in [0.2, 0.25) is 0 Å². The first-order valence-electron chi connectivity index (χ1n) is 4.16. The van der Waals surface area contributed by atoms with Gasteiger partial charge >= 0.3 is 0 Å². The summed E-state index contributed by atoms with van der Waals surface area (Å²) in [7, 11) is 1.55. The van der Waals surface area contributed by atoms with Gasteiger partial charge in [-0.2, -0.15) is 4.98 Å². The summed E-state index contributed by atoms with van der Waals surface area (Å²) in [6.45, 7) is 0. The van der Waals surface area contributed by atoms with Crippen molar-refractivity contribution in [3.63, 3.8) is 0 Å². The second-order valence-electron chi connectivity index (χ2n) is 2.78. The van der Waals surface area contributed by atoms with Crippen LogP contribution in [0.3, 0.4) is 0 Å². The molecule has 2 aromatic heterocycles. The van der Waals surface area contributed by atoms with Crippen molar-refractivity contribution in [1.29, 1.82) is 0 Å². The van der Waals surface area contributed by atoms with Crippen molar-refractivity contribution < 1.29 is 0 Å². The molecule has 2 heterocycles. The lowest BCUT2D eigenvalue weighted by atomic mass is 10.5. The van der Waals surface area contributed by atoms with Crippen molar-refractivity contribution in [2.24, 2.45) is 17.8 Å². The van der Waals surface area contributed by atoms with E-state index in [2.05, 4.69) is 19.9 Å². The second kappa shape index (κ2) is 3.45. The minimum atomic E-state index is -0.297. The molecule has 0 aliphatic rings. The first-order valence-corrected chi connectivity index (χ1v) is 4.16. The number of rotatable bonds is 1. The zero-order valence-electron chi connectivity index (χ0n) is 7.95. The summed E-state index contributed by atoms with van der Waals surface area (Å²) in [4.78, 5) is 27.3. The quantitative estimate of drug-likeness (QED) is 0.491. The Morgan fingerprint density at radius 3 is 2.93 bits per heavy atom. The Kier molecular flexibility index (Phi) is 2.13. The zero-order valence-corrected chi connectivity index (χ0v) is 7.95. The van der Waals surface area contributed by atoms with Gasteiger partial charge in [0, 0.05) is 19.4 Å². The van der Waals surface area contributed by atoms with E-state index in [-0.39, 0.29) is 22.7 Å². The van der Waals surface area contributed by atoms with Gasteiger partial charge in [0.05, 0.1) is 6.34 Å². The molecule has 0 fully saturated rings. The molecule has 0 atom stereocenters. The smallest absolute Gasteiger partial charge is 0.282 e. The fourth-order valence-corrected chi connectivity index (χ4v) is 1.16. The van der Waals surface area contributed by atoms with Crippen LogP contribution in [0.15, 0.2) is 22.2 Å². The average Bonchev–Trinajstić information content (AvgIpc) is 2.26. The Hall–Kier alpha value is -2.31. The van der Waals surface area contributed by atoms with Crippen molar-refractivity contribution >= 4 is 23.5 Å². The molecule has 0 spiro atoms. The van der Waals surface area contributed by atoms with E-state index in [1.54, 1.807) is 7.05 Å². The number of nitrogens with zero attached hydrogens (tertiary/aromatic N) is 5. The Morgan fingerprint density at radius 1 is 1.47 bits per heavy atom. The highest BCUT2D eigenvalue weighted by Crippen LogP contribution is 2.06. The molecule has 0 aliphatic heterocycles. The Labute approximate surface area is 84.3 Å². The summed E-state index contributed by atoms with van der Waals surface area (Å²) in [6.07, 6.45) is 3.98. The number of fused-ring (bicyclic) bond motifs is 1. The molecule has 2 N–H and O–H groups in total. The Balaban J connectivity index is 2.88. The second-order valence-corrected chi connectivity index (χ2v) is 2.78. The van der Waals surface area contributed by atoms with Crippen LogP contribution in [0.5, 0.6) is 0 Å². The summed E-state index contributed by atoms with van der Waals surface area (Å²) < 4.78 is 1.26. The Morgan fingerprint density at radius 2 is 2.20 bits per heavy atom. The maximum Gasteiger partial charge on any atom is 0.282 e. The minimum absolute atomic E-state index is 0.204. The highest BCUT2D eigenvalue weighted by Gasteiger charge is 2.07. The zero-order chi connectivity index (χ0) is 10.8. The predicted octanol–water partition coefficient (Wildman–Crippen LogP) is -0.658. The van der Waals surface area contributed by atoms with Gasteiger partial charge in [-0.3, -0.25) is 9.36 Å². The van der Waals surface area contributed by atoms with Crippen LogP contribution in [0, 0.1) is 0 Å². The van der Waals surface area contributed by atoms with E-state index >= 15 is 0 Å². The lowest BCUT2D eigenvalue weighted by Gasteiger charge is -2.02. The van der Waals surface area contributed by atoms with E-state index in [0.717, 1.165) is 6.34 Å².